The highest BCUT2D eigenvalue weighted by atomic mass is 16.5. The third-order valence-electron chi connectivity index (χ3n) is 4.07. The van der Waals surface area contributed by atoms with Gasteiger partial charge >= 0.3 is 0 Å². The number of rotatable bonds is 8. The minimum absolute atomic E-state index is 0.157. The Kier molecular flexibility index (Phi) is 6.82. The minimum atomic E-state index is -0.157. The van der Waals surface area contributed by atoms with Crippen molar-refractivity contribution in [3.63, 3.8) is 0 Å². The molecule has 1 amide bonds. The Morgan fingerprint density at radius 1 is 0.852 bits per heavy atom. The van der Waals surface area contributed by atoms with Crippen molar-refractivity contribution in [2.75, 3.05) is 11.9 Å². The van der Waals surface area contributed by atoms with Crippen LogP contribution in [0.2, 0.25) is 0 Å². The first-order valence-electron chi connectivity index (χ1n) is 9.10. The van der Waals surface area contributed by atoms with Gasteiger partial charge in [-0.1, -0.05) is 60.7 Å². The molecule has 3 nitrogen and oxygen atoms in total. The van der Waals surface area contributed by atoms with Crippen LogP contribution >= 0.6 is 0 Å². The molecule has 0 fully saturated rings. The number of carbonyl (C=O) groups is 1. The molecule has 0 bridgehead atoms. The summed E-state index contributed by atoms with van der Waals surface area (Å²) >= 11 is 0. The molecule has 136 valence electrons. The molecule has 0 radical (unpaired) electrons. The van der Waals surface area contributed by atoms with E-state index in [1.807, 2.05) is 60.7 Å². The molecule has 27 heavy (non-hydrogen) atoms. The molecule has 3 aromatic rings. The van der Waals surface area contributed by atoms with E-state index in [1.54, 1.807) is 6.08 Å². The minimum Gasteiger partial charge on any atom is -0.494 e. The molecule has 1 N–H and O–H groups in total. The first-order valence-corrected chi connectivity index (χ1v) is 9.10. The van der Waals surface area contributed by atoms with E-state index in [0.717, 1.165) is 29.8 Å². The number of amides is 1. The van der Waals surface area contributed by atoms with Crippen LogP contribution in [0.15, 0.2) is 91.0 Å². The van der Waals surface area contributed by atoms with Crippen molar-refractivity contribution in [1.29, 1.82) is 0 Å². The normalized spacial score (nSPS) is 10.7. The van der Waals surface area contributed by atoms with Gasteiger partial charge in [0.1, 0.15) is 5.75 Å². The number of hydrogen-bond acceptors (Lipinski definition) is 2. The second kappa shape index (κ2) is 9.97. The zero-order chi connectivity index (χ0) is 18.7. The van der Waals surface area contributed by atoms with Gasteiger partial charge in [-0.05, 0) is 54.3 Å². The maximum absolute atomic E-state index is 12.0. The number of carbonyl (C=O) groups excluding carboxylic acids is 1. The fourth-order valence-corrected chi connectivity index (χ4v) is 2.67. The van der Waals surface area contributed by atoms with Gasteiger partial charge in [0.05, 0.1) is 6.61 Å². The van der Waals surface area contributed by atoms with Crippen molar-refractivity contribution < 1.29 is 9.53 Å². The van der Waals surface area contributed by atoms with Crippen molar-refractivity contribution in [2.24, 2.45) is 0 Å². The Morgan fingerprint density at radius 3 is 2.22 bits per heavy atom. The second-order valence-corrected chi connectivity index (χ2v) is 6.20. The summed E-state index contributed by atoms with van der Waals surface area (Å²) in [5.74, 6) is 0.649. The Morgan fingerprint density at radius 2 is 1.52 bits per heavy atom. The summed E-state index contributed by atoms with van der Waals surface area (Å²) in [6.45, 7) is 0.667. The van der Waals surface area contributed by atoms with Crippen LogP contribution in [0.1, 0.15) is 17.5 Å². The highest BCUT2D eigenvalue weighted by molar-refractivity contribution is 6.01. The van der Waals surface area contributed by atoms with Gasteiger partial charge in [0.25, 0.3) is 0 Å². The van der Waals surface area contributed by atoms with E-state index in [4.69, 9.17) is 4.74 Å². The van der Waals surface area contributed by atoms with Gasteiger partial charge in [0.15, 0.2) is 0 Å². The van der Waals surface area contributed by atoms with Gasteiger partial charge in [-0.15, -0.1) is 0 Å². The van der Waals surface area contributed by atoms with E-state index in [1.165, 1.54) is 11.6 Å². The van der Waals surface area contributed by atoms with E-state index in [0.29, 0.717) is 6.61 Å². The Labute approximate surface area is 160 Å². The molecule has 0 aromatic heterocycles. The molecule has 3 aromatic carbocycles. The summed E-state index contributed by atoms with van der Waals surface area (Å²) < 4.78 is 5.77. The Bertz CT molecular complexity index is 856. The maximum Gasteiger partial charge on any atom is 0.248 e. The molecule has 0 aliphatic carbocycles. The van der Waals surface area contributed by atoms with E-state index in [2.05, 4.69) is 29.6 Å². The average molecular weight is 357 g/mol. The highest BCUT2D eigenvalue weighted by Gasteiger charge is 2.00. The summed E-state index contributed by atoms with van der Waals surface area (Å²) in [4.78, 5) is 12.0. The zero-order valence-corrected chi connectivity index (χ0v) is 15.2. The van der Waals surface area contributed by atoms with Crippen LogP contribution in [0, 0.1) is 0 Å². The molecule has 0 unspecified atom stereocenters. The Balaban J connectivity index is 1.41. The molecule has 3 heteroatoms. The molecular weight excluding hydrogens is 334 g/mol. The fraction of sp³-hybridized carbons (Fsp3) is 0.125. The number of nitrogens with one attached hydrogen (secondary N) is 1. The number of benzene rings is 3. The van der Waals surface area contributed by atoms with Crippen LogP contribution in [0.5, 0.6) is 5.75 Å². The molecule has 0 aliphatic heterocycles. The van der Waals surface area contributed by atoms with Gasteiger partial charge in [-0.2, -0.15) is 0 Å². The fourth-order valence-electron chi connectivity index (χ4n) is 2.67. The third-order valence-corrected chi connectivity index (χ3v) is 4.07. The predicted molar refractivity (Wildman–Crippen MR) is 111 cm³/mol. The van der Waals surface area contributed by atoms with Crippen molar-refractivity contribution in [3.8, 4) is 5.75 Å². The first-order chi connectivity index (χ1) is 13.3. The second-order valence-electron chi connectivity index (χ2n) is 6.20. The van der Waals surface area contributed by atoms with Crippen molar-refractivity contribution in [3.05, 3.63) is 102 Å². The number of hydrogen-bond donors (Lipinski definition) is 1. The van der Waals surface area contributed by atoms with E-state index in [-0.39, 0.29) is 5.91 Å². The highest BCUT2D eigenvalue weighted by Crippen LogP contribution is 2.16. The van der Waals surface area contributed by atoms with Crippen LogP contribution in [0.25, 0.3) is 6.08 Å². The van der Waals surface area contributed by atoms with Gasteiger partial charge < -0.3 is 10.1 Å². The summed E-state index contributed by atoms with van der Waals surface area (Å²) in [5, 5.41) is 2.85. The molecule has 0 heterocycles. The third kappa shape index (κ3) is 6.48. The van der Waals surface area contributed by atoms with Crippen LogP contribution in [-0.2, 0) is 11.2 Å². The van der Waals surface area contributed by atoms with Crippen molar-refractivity contribution >= 4 is 17.7 Å². The van der Waals surface area contributed by atoms with E-state index >= 15 is 0 Å². The number of aryl methyl sites for hydroxylation is 1. The lowest BCUT2D eigenvalue weighted by molar-refractivity contribution is -0.111. The maximum atomic E-state index is 12.0. The first kappa shape index (κ1) is 18.5. The van der Waals surface area contributed by atoms with Gasteiger partial charge in [-0.25, -0.2) is 0 Å². The van der Waals surface area contributed by atoms with E-state index in [9.17, 15) is 4.79 Å². The lowest BCUT2D eigenvalue weighted by Gasteiger charge is -2.08. The van der Waals surface area contributed by atoms with Gasteiger partial charge in [0, 0.05) is 11.8 Å². The molecule has 0 saturated carbocycles. The zero-order valence-electron chi connectivity index (χ0n) is 15.2. The van der Waals surface area contributed by atoms with E-state index < -0.39 is 0 Å². The van der Waals surface area contributed by atoms with Gasteiger partial charge in [-0.3, -0.25) is 4.79 Å². The molecule has 0 atom stereocenters. The molecule has 0 spiro atoms. The number of ether oxygens (including phenoxy) is 1. The molecule has 3 rings (SSSR count). The van der Waals surface area contributed by atoms with Crippen molar-refractivity contribution in [1.82, 2.24) is 0 Å². The smallest absolute Gasteiger partial charge is 0.248 e. The summed E-state index contributed by atoms with van der Waals surface area (Å²) in [6.07, 6.45) is 5.29. The summed E-state index contributed by atoms with van der Waals surface area (Å²) in [6, 6.07) is 27.6. The summed E-state index contributed by atoms with van der Waals surface area (Å²) in [5.41, 5.74) is 3.06. The average Bonchev–Trinajstić information content (AvgIpc) is 2.72. The summed E-state index contributed by atoms with van der Waals surface area (Å²) in [7, 11) is 0. The number of anilines is 1. The van der Waals surface area contributed by atoms with Crippen LogP contribution < -0.4 is 10.1 Å². The van der Waals surface area contributed by atoms with Crippen LogP contribution in [0.3, 0.4) is 0 Å². The van der Waals surface area contributed by atoms with Crippen LogP contribution in [-0.4, -0.2) is 12.5 Å². The lowest BCUT2D eigenvalue weighted by Crippen LogP contribution is -2.07. The quantitative estimate of drug-likeness (QED) is 0.436. The standard InChI is InChI=1S/C24H23NO2/c26-24(18-13-21-10-5-2-6-11-21)25-22-14-16-23(17-15-22)27-19-7-12-20-8-3-1-4-9-20/h1-6,8-11,13-18H,7,12,19H2,(H,25,26)/b18-13+. The molecule has 0 saturated heterocycles. The Hall–Kier alpha value is -3.33. The predicted octanol–water partition coefficient (Wildman–Crippen LogP) is 5.35. The van der Waals surface area contributed by atoms with Gasteiger partial charge in [0.2, 0.25) is 5.91 Å². The largest absolute Gasteiger partial charge is 0.494 e. The molecular formula is C24H23NO2. The van der Waals surface area contributed by atoms with Crippen molar-refractivity contribution in [2.45, 2.75) is 12.8 Å². The SMILES string of the molecule is O=C(/C=C/c1ccccc1)Nc1ccc(OCCCc2ccccc2)cc1. The molecule has 0 aliphatic rings. The van der Waals surface area contributed by atoms with Crippen LogP contribution in [0.4, 0.5) is 5.69 Å². The monoisotopic (exact) mass is 357 g/mol. The lowest BCUT2D eigenvalue weighted by atomic mass is 10.1. The topological polar surface area (TPSA) is 38.3 Å².